The Morgan fingerprint density at radius 3 is 2.73 bits per heavy atom. The standard InChI is InChI=1S/C17H21N3OS/c1-11-4-9-14-15(10-11)22-17(18-14)19-16(21)12-5-7-13(8-6-12)20(2)3/h5-8,11H,4,9-10H2,1-3H3,(H,18,19,21)/t11-/m0/s1. The first kappa shape index (κ1) is 15.0. The zero-order valence-electron chi connectivity index (χ0n) is 13.2. The average Bonchev–Trinajstić information content (AvgIpc) is 2.88. The summed E-state index contributed by atoms with van der Waals surface area (Å²) in [6.07, 6.45) is 3.30. The molecule has 2 aromatic rings. The van der Waals surface area contributed by atoms with Crippen LogP contribution in [0.5, 0.6) is 0 Å². The van der Waals surface area contributed by atoms with Crippen molar-refractivity contribution in [1.29, 1.82) is 0 Å². The third kappa shape index (κ3) is 3.14. The van der Waals surface area contributed by atoms with E-state index in [9.17, 15) is 4.79 Å². The van der Waals surface area contributed by atoms with E-state index in [0.29, 0.717) is 5.56 Å². The number of fused-ring (bicyclic) bond motifs is 1. The minimum atomic E-state index is -0.0931. The number of nitrogens with zero attached hydrogens (tertiary/aromatic N) is 2. The Morgan fingerprint density at radius 1 is 1.32 bits per heavy atom. The molecule has 1 aliphatic carbocycles. The van der Waals surface area contributed by atoms with Crippen molar-refractivity contribution in [3.63, 3.8) is 0 Å². The molecule has 3 rings (SSSR count). The Hall–Kier alpha value is -1.88. The lowest BCUT2D eigenvalue weighted by molar-refractivity contribution is 0.102. The molecule has 0 saturated heterocycles. The van der Waals surface area contributed by atoms with E-state index in [1.807, 2.05) is 43.3 Å². The number of hydrogen-bond donors (Lipinski definition) is 1. The number of rotatable bonds is 3. The number of aryl methyl sites for hydroxylation is 1. The van der Waals surface area contributed by atoms with Crippen LogP contribution in [0.25, 0.3) is 0 Å². The molecule has 1 aromatic carbocycles. The summed E-state index contributed by atoms with van der Waals surface area (Å²) in [7, 11) is 3.96. The van der Waals surface area contributed by atoms with E-state index in [0.717, 1.165) is 29.6 Å². The molecule has 1 N–H and O–H groups in total. The zero-order valence-corrected chi connectivity index (χ0v) is 14.0. The molecule has 116 valence electrons. The van der Waals surface area contributed by atoms with Crippen molar-refractivity contribution in [3.05, 3.63) is 40.4 Å². The first-order chi connectivity index (χ1) is 10.5. The molecule has 0 radical (unpaired) electrons. The Labute approximate surface area is 135 Å². The van der Waals surface area contributed by atoms with Gasteiger partial charge >= 0.3 is 0 Å². The number of benzene rings is 1. The third-order valence-corrected chi connectivity index (χ3v) is 5.09. The topological polar surface area (TPSA) is 45.2 Å². The molecule has 0 bridgehead atoms. The molecule has 1 atom stereocenters. The van der Waals surface area contributed by atoms with Crippen molar-refractivity contribution in [2.24, 2.45) is 5.92 Å². The van der Waals surface area contributed by atoms with Crippen molar-refractivity contribution in [2.45, 2.75) is 26.2 Å². The first-order valence-electron chi connectivity index (χ1n) is 7.60. The predicted octanol–water partition coefficient (Wildman–Crippen LogP) is 3.59. The molecular formula is C17H21N3OS. The van der Waals surface area contributed by atoms with Gasteiger partial charge in [0, 0.05) is 30.2 Å². The van der Waals surface area contributed by atoms with E-state index in [-0.39, 0.29) is 5.91 Å². The molecule has 0 unspecified atom stereocenters. The Morgan fingerprint density at radius 2 is 2.05 bits per heavy atom. The van der Waals surface area contributed by atoms with E-state index < -0.39 is 0 Å². The minimum Gasteiger partial charge on any atom is -0.378 e. The summed E-state index contributed by atoms with van der Waals surface area (Å²) in [5.74, 6) is 0.625. The van der Waals surface area contributed by atoms with E-state index >= 15 is 0 Å². The van der Waals surface area contributed by atoms with E-state index in [2.05, 4.69) is 17.2 Å². The Balaban J connectivity index is 1.71. The number of thiazole rings is 1. The molecule has 1 aliphatic rings. The van der Waals surface area contributed by atoms with Gasteiger partial charge in [-0.15, -0.1) is 11.3 Å². The van der Waals surface area contributed by atoms with Crippen LogP contribution in [0.2, 0.25) is 0 Å². The molecule has 22 heavy (non-hydrogen) atoms. The van der Waals surface area contributed by atoms with Gasteiger partial charge < -0.3 is 4.90 Å². The molecule has 5 heteroatoms. The van der Waals surface area contributed by atoms with Crippen LogP contribution in [0.1, 0.15) is 34.3 Å². The second-order valence-electron chi connectivity index (χ2n) is 6.13. The maximum Gasteiger partial charge on any atom is 0.257 e. The summed E-state index contributed by atoms with van der Waals surface area (Å²) in [5.41, 5.74) is 2.91. The van der Waals surface area contributed by atoms with Gasteiger partial charge in [-0.1, -0.05) is 6.92 Å². The molecule has 0 fully saturated rings. The molecule has 0 saturated carbocycles. The Kier molecular flexibility index (Phi) is 4.16. The van der Waals surface area contributed by atoms with Crippen LogP contribution in [0.4, 0.5) is 10.8 Å². The van der Waals surface area contributed by atoms with Crippen molar-refractivity contribution in [3.8, 4) is 0 Å². The fourth-order valence-electron chi connectivity index (χ4n) is 2.67. The van der Waals surface area contributed by atoms with Gasteiger partial charge in [-0.2, -0.15) is 0 Å². The lowest BCUT2D eigenvalue weighted by Crippen LogP contribution is -2.13. The molecule has 1 amide bonds. The lowest BCUT2D eigenvalue weighted by atomic mass is 9.93. The fraction of sp³-hybridized carbons (Fsp3) is 0.412. The summed E-state index contributed by atoms with van der Waals surface area (Å²) < 4.78 is 0. The highest BCUT2D eigenvalue weighted by molar-refractivity contribution is 7.15. The van der Waals surface area contributed by atoms with E-state index in [1.54, 1.807) is 11.3 Å². The van der Waals surface area contributed by atoms with Crippen molar-refractivity contribution in [2.75, 3.05) is 24.3 Å². The molecule has 1 heterocycles. The molecular weight excluding hydrogens is 294 g/mol. The largest absolute Gasteiger partial charge is 0.378 e. The number of hydrogen-bond acceptors (Lipinski definition) is 4. The number of anilines is 2. The fourth-order valence-corrected chi connectivity index (χ4v) is 3.84. The van der Waals surface area contributed by atoms with Gasteiger partial charge in [-0.3, -0.25) is 10.1 Å². The highest BCUT2D eigenvalue weighted by atomic mass is 32.1. The Bertz CT molecular complexity index is 676. The summed E-state index contributed by atoms with van der Waals surface area (Å²) >= 11 is 1.62. The van der Waals surface area contributed by atoms with Crippen LogP contribution in [0.3, 0.4) is 0 Å². The second kappa shape index (κ2) is 6.08. The summed E-state index contributed by atoms with van der Waals surface area (Å²) in [6, 6.07) is 7.59. The predicted molar refractivity (Wildman–Crippen MR) is 92.0 cm³/mol. The van der Waals surface area contributed by atoms with Gasteiger partial charge in [-0.25, -0.2) is 4.98 Å². The van der Waals surface area contributed by atoms with Gasteiger partial charge in [0.05, 0.1) is 5.69 Å². The maximum atomic E-state index is 12.3. The monoisotopic (exact) mass is 315 g/mol. The lowest BCUT2D eigenvalue weighted by Gasteiger charge is -2.15. The molecule has 0 aliphatic heterocycles. The van der Waals surface area contributed by atoms with Gasteiger partial charge in [0.2, 0.25) is 0 Å². The first-order valence-corrected chi connectivity index (χ1v) is 8.42. The molecule has 4 nitrogen and oxygen atoms in total. The number of aromatic nitrogens is 1. The van der Waals surface area contributed by atoms with Crippen LogP contribution in [0.15, 0.2) is 24.3 Å². The van der Waals surface area contributed by atoms with Crippen molar-refractivity contribution in [1.82, 2.24) is 4.98 Å². The van der Waals surface area contributed by atoms with Crippen LogP contribution in [-0.2, 0) is 12.8 Å². The zero-order chi connectivity index (χ0) is 15.7. The third-order valence-electron chi connectivity index (χ3n) is 4.05. The van der Waals surface area contributed by atoms with E-state index in [1.165, 1.54) is 17.0 Å². The smallest absolute Gasteiger partial charge is 0.257 e. The second-order valence-corrected chi connectivity index (χ2v) is 7.22. The van der Waals surface area contributed by atoms with Gasteiger partial charge in [-0.05, 0) is 49.4 Å². The van der Waals surface area contributed by atoms with Gasteiger partial charge in [0.1, 0.15) is 0 Å². The van der Waals surface area contributed by atoms with Crippen molar-refractivity contribution >= 4 is 28.1 Å². The van der Waals surface area contributed by atoms with Crippen molar-refractivity contribution < 1.29 is 4.79 Å². The molecule has 1 aromatic heterocycles. The van der Waals surface area contributed by atoms with Crippen LogP contribution >= 0.6 is 11.3 Å². The van der Waals surface area contributed by atoms with Gasteiger partial charge in [0.25, 0.3) is 5.91 Å². The van der Waals surface area contributed by atoms with Crippen LogP contribution in [-0.4, -0.2) is 25.0 Å². The van der Waals surface area contributed by atoms with Crippen LogP contribution < -0.4 is 10.2 Å². The number of amides is 1. The summed E-state index contributed by atoms with van der Waals surface area (Å²) in [6.45, 7) is 2.27. The van der Waals surface area contributed by atoms with E-state index in [4.69, 9.17) is 0 Å². The normalized spacial score (nSPS) is 17.0. The number of nitrogens with one attached hydrogen (secondary N) is 1. The maximum absolute atomic E-state index is 12.3. The minimum absolute atomic E-state index is 0.0931. The van der Waals surface area contributed by atoms with Crippen LogP contribution in [0, 0.1) is 5.92 Å². The molecule has 0 spiro atoms. The average molecular weight is 315 g/mol. The SMILES string of the molecule is C[C@H]1CCc2nc(NC(=O)c3ccc(N(C)C)cc3)sc2C1. The number of carbonyl (C=O) groups is 1. The highest BCUT2D eigenvalue weighted by Gasteiger charge is 2.20. The quantitative estimate of drug-likeness (QED) is 0.941. The van der Waals surface area contributed by atoms with Gasteiger partial charge in [0.15, 0.2) is 5.13 Å². The summed E-state index contributed by atoms with van der Waals surface area (Å²) in [4.78, 5) is 20.2. The highest BCUT2D eigenvalue weighted by Crippen LogP contribution is 2.32. The summed E-state index contributed by atoms with van der Waals surface area (Å²) in [5, 5.41) is 3.66. The number of carbonyl (C=O) groups excluding carboxylic acids is 1.